The quantitative estimate of drug-likeness (QED) is 0.846. The van der Waals surface area contributed by atoms with Gasteiger partial charge in [-0.3, -0.25) is 9.69 Å². The summed E-state index contributed by atoms with van der Waals surface area (Å²) >= 11 is 0. The highest BCUT2D eigenvalue weighted by molar-refractivity contribution is 5.85. The van der Waals surface area contributed by atoms with Crippen LogP contribution in [0, 0.1) is 5.92 Å². The summed E-state index contributed by atoms with van der Waals surface area (Å²) in [5.41, 5.74) is 5.64. The number of rotatable bonds is 4. The largest absolute Gasteiger partial charge is 0.340 e. The smallest absolute Gasteiger partial charge is 0.224 e. The predicted octanol–water partition coefficient (Wildman–Crippen LogP) is 1.12. The molecule has 2 N–H and O–H groups in total. The van der Waals surface area contributed by atoms with E-state index >= 15 is 0 Å². The van der Waals surface area contributed by atoms with Crippen LogP contribution in [0.3, 0.4) is 0 Å². The SMILES string of the molecule is CC(N)CC(=O)N1CCN(CC2CC2)CC1.Cl.Cl. The Balaban J connectivity index is 0.00000144. The van der Waals surface area contributed by atoms with Gasteiger partial charge in [0.15, 0.2) is 0 Å². The molecule has 1 saturated heterocycles. The van der Waals surface area contributed by atoms with Gasteiger partial charge in [0, 0.05) is 45.2 Å². The van der Waals surface area contributed by atoms with Gasteiger partial charge >= 0.3 is 0 Å². The average Bonchev–Trinajstić information content (AvgIpc) is 3.01. The van der Waals surface area contributed by atoms with Crippen molar-refractivity contribution >= 4 is 30.7 Å². The van der Waals surface area contributed by atoms with Gasteiger partial charge in [0.1, 0.15) is 0 Å². The van der Waals surface area contributed by atoms with E-state index in [2.05, 4.69) is 4.90 Å². The minimum Gasteiger partial charge on any atom is -0.340 e. The fourth-order valence-electron chi connectivity index (χ4n) is 2.25. The lowest BCUT2D eigenvalue weighted by Crippen LogP contribution is -2.49. The van der Waals surface area contributed by atoms with Gasteiger partial charge in [0.2, 0.25) is 5.91 Å². The van der Waals surface area contributed by atoms with Crippen LogP contribution >= 0.6 is 24.8 Å². The lowest BCUT2D eigenvalue weighted by Gasteiger charge is -2.35. The number of amides is 1. The van der Waals surface area contributed by atoms with Gasteiger partial charge in [-0.1, -0.05) is 0 Å². The Morgan fingerprint density at radius 1 is 1.22 bits per heavy atom. The maximum absolute atomic E-state index is 11.8. The Labute approximate surface area is 122 Å². The highest BCUT2D eigenvalue weighted by Crippen LogP contribution is 2.29. The Kier molecular flexibility index (Phi) is 8.19. The molecule has 2 fully saturated rings. The maximum Gasteiger partial charge on any atom is 0.224 e. The average molecular weight is 298 g/mol. The molecule has 0 radical (unpaired) electrons. The standard InChI is InChI=1S/C12H23N3O.2ClH/c1-10(13)8-12(16)15-6-4-14(5-7-15)9-11-2-3-11;;/h10-11H,2-9,13H2,1H3;2*1H. The predicted molar refractivity (Wildman–Crippen MR) is 78.5 cm³/mol. The molecule has 1 heterocycles. The minimum atomic E-state index is -0.0167. The first kappa shape index (κ1) is 18.0. The van der Waals surface area contributed by atoms with Gasteiger partial charge in [0.05, 0.1) is 0 Å². The molecule has 1 unspecified atom stereocenters. The Morgan fingerprint density at radius 2 is 1.78 bits per heavy atom. The van der Waals surface area contributed by atoms with Crippen molar-refractivity contribution in [1.29, 1.82) is 0 Å². The van der Waals surface area contributed by atoms with Crippen LogP contribution in [-0.2, 0) is 4.79 Å². The van der Waals surface area contributed by atoms with Crippen molar-refractivity contribution in [3.8, 4) is 0 Å². The van der Waals surface area contributed by atoms with E-state index in [4.69, 9.17) is 5.73 Å². The molecule has 1 amide bonds. The molecule has 108 valence electrons. The van der Waals surface area contributed by atoms with Crippen LogP contribution in [-0.4, -0.2) is 54.5 Å². The van der Waals surface area contributed by atoms with Gasteiger partial charge in [-0.2, -0.15) is 0 Å². The molecule has 1 atom stereocenters. The molecule has 2 rings (SSSR count). The zero-order valence-corrected chi connectivity index (χ0v) is 12.6. The van der Waals surface area contributed by atoms with Crippen LogP contribution in [0.5, 0.6) is 0 Å². The highest BCUT2D eigenvalue weighted by Gasteiger charge is 2.27. The van der Waals surface area contributed by atoms with E-state index in [1.54, 1.807) is 0 Å². The minimum absolute atomic E-state index is 0. The molecular formula is C12H25Cl2N3O. The Bertz CT molecular complexity index is 252. The number of piperazine rings is 1. The van der Waals surface area contributed by atoms with Crippen molar-refractivity contribution in [3.63, 3.8) is 0 Å². The summed E-state index contributed by atoms with van der Waals surface area (Å²) in [7, 11) is 0. The molecule has 0 aromatic carbocycles. The van der Waals surface area contributed by atoms with Crippen LogP contribution in [0.15, 0.2) is 0 Å². The second kappa shape index (κ2) is 8.20. The van der Waals surface area contributed by atoms with Crippen LogP contribution in [0.1, 0.15) is 26.2 Å². The Hall–Kier alpha value is -0.0300. The van der Waals surface area contributed by atoms with Crippen molar-refractivity contribution < 1.29 is 4.79 Å². The Morgan fingerprint density at radius 3 is 2.22 bits per heavy atom. The fourth-order valence-corrected chi connectivity index (χ4v) is 2.25. The molecule has 6 heteroatoms. The third-order valence-corrected chi connectivity index (χ3v) is 3.43. The summed E-state index contributed by atoms with van der Waals surface area (Å²) in [5, 5.41) is 0. The van der Waals surface area contributed by atoms with Crippen molar-refractivity contribution in [2.24, 2.45) is 11.7 Å². The number of halogens is 2. The van der Waals surface area contributed by atoms with Gasteiger partial charge in [-0.15, -0.1) is 24.8 Å². The van der Waals surface area contributed by atoms with Crippen molar-refractivity contribution in [2.75, 3.05) is 32.7 Å². The molecule has 1 saturated carbocycles. The zero-order valence-electron chi connectivity index (χ0n) is 11.0. The monoisotopic (exact) mass is 297 g/mol. The molecule has 1 aliphatic heterocycles. The molecular weight excluding hydrogens is 273 g/mol. The maximum atomic E-state index is 11.8. The van der Waals surface area contributed by atoms with Crippen LogP contribution in [0.25, 0.3) is 0 Å². The number of carbonyl (C=O) groups is 1. The number of nitrogens with zero attached hydrogens (tertiary/aromatic N) is 2. The summed E-state index contributed by atoms with van der Waals surface area (Å²) in [6, 6.07) is -0.0167. The molecule has 4 nitrogen and oxygen atoms in total. The van der Waals surface area contributed by atoms with Crippen LogP contribution in [0.4, 0.5) is 0 Å². The zero-order chi connectivity index (χ0) is 11.5. The summed E-state index contributed by atoms with van der Waals surface area (Å²) in [6.07, 6.45) is 3.30. The molecule has 0 aromatic rings. The van der Waals surface area contributed by atoms with E-state index in [0.717, 1.165) is 32.1 Å². The third-order valence-electron chi connectivity index (χ3n) is 3.43. The van der Waals surface area contributed by atoms with E-state index in [1.807, 2.05) is 11.8 Å². The highest BCUT2D eigenvalue weighted by atomic mass is 35.5. The van der Waals surface area contributed by atoms with Gasteiger partial charge in [-0.05, 0) is 25.7 Å². The summed E-state index contributed by atoms with van der Waals surface area (Å²) in [5.74, 6) is 1.17. The molecule has 2 aliphatic rings. The lowest BCUT2D eigenvalue weighted by atomic mass is 10.2. The van der Waals surface area contributed by atoms with Crippen LogP contribution in [0.2, 0.25) is 0 Å². The summed E-state index contributed by atoms with van der Waals surface area (Å²) in [4.78, 5) is 16.2. The van der Waals surface area contributed by atoms with E-state index in [-0.39, 0.29) is 36.8 Å². The van der Waals surface area contributed by atoms with Crippen molar-refractivity contribution in [2.45, 2.75) is 32.2 Å². The molecule has 0 spiro atoms. The van der Waals surface area contributed by atoms with E-state index in [9.17, 15) is 4.79 Å². The second-order valence-corrected chi connectivity index (χ2v) is 5.31. The summed E-state index contributed by atoms with van der Waals surface area (Å²) < 4.78 is 0. The molecule has 18 heavy (non-hydrogen) atoms. The van der Waals surface area contributed by atoms with Crippen LogP contribution < -0.4 is 5.73 Å². The van der Waals surface area contributed by atoms with Crippen molar-refractivity contribution in [1.82, 2.24) is 9.80 Å². The van der Waals surface area contributed by atoms with Gasteiger partial charge < -0.3 is 10.6 Å². The fraction of sp³-hybridized carbons (Fsp3) is 0.917. The number of carbonyl (C=O) groups excluding carboxylic acids is 1. The van der Waals surface area contributed by atoms with Gasteiger partial charge in [-0.25, -0.2) is 0 Å². The first-order chi connectivity index (χ1) is 7.65. The van der Waals surface area contributed by atoms with E-state index < -0.39 is 0 Å². The number of nitrogens with two attached hydrogens (primary N) is 1. The number of hydrogen-bond donors (Lipinski definition) is 1. The normalized spacial score (nSPS) is 21.8. The number of hydrogen-bond acceptors (Lipinski definition) is 3. The first-order valence-corrected chi connectivity index (χ1v) is 6.41. The second-order valence-electron chi connectivity index (χ2n) is 5.31. The molecule has 0 bridgehead atoms. The van der Waals surface area contributed by atoms with E-state index in [0.29, 0.717) is 6.42 Å². The third kappa shape index (κ3) is 5.74. The van der Waals surface area contributed by atoms with E-state index in [1.165, 1.54) is 19.4 Å². The first-order valence-electron chi connectivity index (χ1n) is 6.41. The topological polar surface area (TPSA) is 49.6 Å². The van der Waals surface area contributed by atoms with Crippen molar-refractivity contribution in [3.05, 3.63) is 0 Å². The van der Waals surface area contributed by atoms with Gasteiger partial charge in [0.25, 0.3) is 0 Å². The molecule has 0 aromatic heterocycles. The summed E-state index contributed by atoms with van der Waals surface area (Å²) in [6.45, 7) is 7.00. The molecule has 1 aliphatic carbocycles. The lowest BCUT2D eigenvalue weighted by molar-refractivity contribution is -0.133.